The molecule has 0 radical (unpaired) electrons. The number of carbonyl (C=O) groups is 2. The number of aromatic nitrogens is 1. The van der Waals surface area contributed by atoms with Gasteiger partial charge in [-0.1, -0.05) is 19.9 Å². The molecular weight excluding hydrogens is 258 g/mol. The van der Waals surface area contributed by atoms with Crippen molar-refractivity contribution in [3.05, 3.63) is 30.1 Å². The van der Waals surface area contributed by atoms with Gasteiger partial charge in [0.2, 0.25) is 0 Å². The third-order valence-electron chi connectivity index (χ3n) is 3.57. The second kappa shape index (κ2) is 7.62. The number of carboxylic acids is 1. The van der Waals surface area contributed by atoms with Crippen LogP contribution in [0.25, 0.3) is 0 Å². The van der Waals surface area contributed by atoms with Gasteiger partial charge in [0.15, 0.2) is 5.41 Å². The molecule has 0 fully saturated rings. The summed E-state index contributed by atoms with van der Waals surface area (Å²) in [5.74, 6) is -1.75. The first-order chi connectivity index (χ1) is 9.56. The normalized spacial score (nSPS) is 11.1. The van der Waals surface area contributed by atoms with Gasteiger partial charge < -0.3 is 9.84 Å². The van der Waals surface area contributed by atoms with Gasteiger partial charge in [0.05, 0.1) is 6.61 Å². The highest BCUT2D eigenvalue weighted by molar-refractivity contribution is 5.99. The van der Waals surface area contributed by atoms with E-state index in [9.17, 15) is 14.7 Å². The van der Waals surface area contributed by atoms with Gasteiger partial charge in [0, 0.05) is 12.4 Å². The molecule has 5 nitrogen and oxygen atoms in total. The quantitative estimate of drug-likeness (QED) is 0.449. The van der Waals surface area contributed by atoms with Crippen LogP contribution < -0.4 is 0 Å². The summed E-state index contributed by atoms with van der Waals surface area (Å²) in [5, 5.41) is 9.22. The van der Waals surface area contributed by atoms with E-state index in [1.54, 1.807) is 26.2 Å². The van der Waals surface area contributed by atoms with E-state index in [2.05, 4.69) is 4.98 Å². The lowest BCUT2D eigenvalue weighted by atomic mass is 9.82. The van der Waals surface area contributed by atoms with Crippen LogP contribution in [0.15, 0.2) is 24.5 Å². The number of ether oxygens (including phenoxy) is 1. The first kappa shape index (κ1) is 16.1. The smallest absolute Gasteiger partial charge is 0.323 e. The summed E-state index contributed by atoms with van der Waals surface area (Å²) in [4.78, 5) is 27.2. The monoisotopic (exact) mass is 279 g/mol. The second-order valence-electron chi connectivity index (χ2n) is 4.70. The van der Waals surface area contributed by atoms with E-state index >= 15 is 0 Å². The molecular formula is C15H21NO4. The Bertz CT molecular complexity index is 440. The molecule has 0 amide bonds. The molecule has 1 aromatic rings. The molecule has 1 rings (SSSR count). The van der Waals surface area contributed by atoms with Gasteiger partial charge in [0.1, 0.15) is 0 Å². The lowest BCUT2D eigenvalue weighted by Gasteiger charge is -2.24. The maximum absolute atomic E-state index is 12.0. The number of rotatable bonds is 8. The summed E-state index contributed by atoms with van der Waals surface area (Å²) >= 11 is 0. The second-order valence-corrected chi connectivity index (χ2v) is 4.70. The van der Waals surface area contributed by atoms with Crippen molar-refractivity contribution >= 4 is 11.9 Å². The molecule has 110 valence electrons. The topological polar surface area (TPSA) is 76.5 Å². The zero-order chi connectivity index (χ0) is 15.0. The van der Waals surface area contributed by atoms with Crippen LogP contribution in [-0.4, -0.2) is 28.6 Å². The number of nitrogens with zero attached hydrogens (tertiary/aromatic N) is 1. The average Bonchev–Trinajstić information content (AvgIpc) is 2.46. The van der Waals surface area contributed by atoms with E-state index in [-0.39, 0.29) is 19.4 Å². The van der Waals surface area contributed by atoms with E-state index in [1.165, 1.54) is 0 Å². The molecule has 0 saturated carbocycles. The van der Waals surface area contributed by atoms with Gasteiger partial charge in [0.25, 0.3) is 0 Å². The molecule has 0 atom stereocenters. The molecule has 0 bridgehead atoms. The number of aliphatic carboxylic acids is 1. The fourth-order valence-electron chi connectivity index (χ4n) is 2.05. The number of hydrogen-bond donors (Lipinski definition) is 1. The van der Waals surface area contributed by atoms with Crippen molar-refractivity contribution in [2.24, 2.45) is 5.41 Å². The minimum atomic E-state index is -1.41. The maximum atomic E-state index is 12.0. The van der Waals surface area contributed by atoms with E-state index in [1.807, 2.05) is 12.1 Å². The molecule has 1 N–H and O–H groups in total. The van der Waals surface area contributed by atoms with Gasteiger partial charge in [-0.3, -0.25) is 14.6 Å². The Labute approximate surface area is 119 Å². The van der Waals surface area contributed by atoms with Crippen LogP contribution in [0.3, 0.4) is 0 Å². The molecule has 1 heterocycles. The Morgan fingerprint density at radius 1 is 1.35 bits per heavy atom. The SMILES string of the molecule is CCC(CC)(C(=O)O)C(=O)OCCCc1cccnc1. The molecule has 0 aromatic carbocycles. The number of carbonyl (C=O) groups excluding carboxylic acids is 1. The number of hydrogen-bond acceptors (Lipinski definition) is 4. The Morgan fingerprint density at radius 3 is 2.55 bits per heavy atom. The van der Waals surface area contributed by atoms with E-state index in [4.69, 9.17) is 4.74 Å². The van der Waals surface area contributed by atoms with E-state index in [0.29, 0.717) is 6.42 Å². The third kappa shape index (κ3) is 3.79. The predicted molar refractivity (Wildman–Crippen MR) is 74.2 cm³/mol. The molecule has 0 aliphatic rings. The Morgan fingerprint density at radius 2 is 2.05 bits per heavy atom. The molecule has 0 aliphatic heterocycles. The van der Waals surface area contributed by atoms with Gasteiger partial charge in [-0.2, -0.15) is 0 Å². The van der Waals surface area contributed by atoms with Crippen molar-refractivity contribution in [3.8, 4) is 0 Å². The standard InChI is InChI=1S/C15H21NO4/c1-3-15(4-2,13(17)18)14(19)20-10-6-8-12-7-5-9-16-11-12/h5,7,9,11H,3-4,6,8,10H2,1-2H3,(H,17,18). The lowest BCUT2D eigenvalue weighted by Crippen LogP contribution is -2.39. The van der Waals surface area contributed by atoms with Crippen LogP contribution in [-0.2, 0) is 20.7 Å². The van der Waals surface area contributed by atoms with Crippen LogP contribution in [0.4, 0.5) is 0 Å². The summed E-state index contributed by atoms with van der Waals surface area (Å²) in [7, 11) is 0. The molecule has 0 aliphatic carbocycles. The Balaban J connectivity index is 2.44. The van der Waals surface area contributed by atoms with Gasteiger partial charge in [-0.15, -0.1) is 0 Å². The lowest BCUT2D eigenvalue weighted by molar-refractivity contribution is -0.169. The van der Waals surface area contributed by atoms with Crippen LogP contribution in [0.5, 0.6) is 0 Å². The maximum Gasteiger partial charge on any atom is 0.323 e. The van der Waals surface area contributed by atoms with Crippen molar-refractivity contribution in [2.45, 2.75) is 39.5 Å². The van der Waals surface area contributed by atoms with Crippen LogP contribution in [0.2, 0.25) is 0 Å². The summed E-state index contributed by atoms with van der Waals surface area (Å²) in [6, 6.07) is 3.80. The molecule has 0 unspecified atom stereocenters. The molecule has 0 saturated heterocycles. The predicted octanol–water partition coefficient (Wildman–Crippen LogP) is 2.45. The van der Waals surface area contributed by atoms with Crippen molar-refractivity contribution in [3.63, 3.8) is 0 Å². The Hall–Kier alpha value is -1.91. The first-order valence-corrected chi connectivity index (χ1v) is 6.86. The number of pyridine rings is 1. The van der Waals surface area contributed by atoms with Crippen LogP contribution >= 0.6 is 0 Å². The van der Waals surface area contributed by atoms with Crippen molar-refractivity contribution in [1.29, 1.82) is 0 Å². The molecule has 0 spiro atoms. The largest absolute Gasteiger partial charge is 0.480 e. The summed E-state index contributed by atoms with van der Waals surface area (Å²) in [5.41, 5.74) is -0.340. The molecule has 20 heavy (non-hydrogen) atoms. The number of esters is 1. The number of aryl methyl sites for hydroxylation is 1. The van der Waals surface area contributed by atoms with Gasteiger partial charge in [-0.25, -0.2) is 0 Å². The highest BCUT2D eigenvalue weighted by atomic mass is 16.5. The average molecular weight is 279 g/mol. The van der Waals surface area contributed by atoms with Crippen molar-refractivity contribution in [1.82, 2.24) is 4.98 Å². The van der Waals surface area contributed by atoms with Gasteiger partial charge >= 0.3 is 11.9 Å². The zero-order valence-corrected chi connectivity index (χ0v) is 12.0. The fraction of sp³-hybridized carbons (Fsp3) is 0.533. The third-order valence-corrected chi connectivity index (χ3v) is 3.57. The van der Waals surface area contributed by atoms with E-state index in [0.717, 1.165) is 12.0 Å². The van der Waals surface area contributed by atoms with Crippen LogP contribution in [0, 0.1) is 5.41 Å². The van der Waals surface area contributed by atoms with Crippen molar-refractivity contribution in [2.75, 3.05) is 6.61 Å². The van der Waals surface area contributed by atoms with Crippen molar-refractivity contribution < 1.29 is 19.4 Å². The highest BCUT2D eigenvalue weighted by Gasteiger charge is 2.44. The highest BCUT2D eigenvalue weighted by Crippen LogP contribution is 2.28. The fourth-order valence-corrected chi connectivity index (χ4v) is 2.05. The zero-order valence-electron chi connectivity index (χ0n) is 12.0. The van der Waals surface area contributed by atoms with Crippen LogP contribution in [0.1, 0.15) is 38.7 Å². The summed E-state index contributed by atoms with van der Waals surface area (Å²) < 4.78 is 5.13. The Kier molecular flexibility index (Phi) is 6.15. The molecule has 5 heteroatoms. The summed E-state index contributed by atoms with van der Waals surface area (Å²) in [6.07, 6.45) is 5.34. The minimum absolute atomic E-state index is 0.225. The minimum Gasteiger partial charge on any atom is -0.480 e. The number of carboxylic acid groups (broad SMARTS) is 1. The molecule has 1 aromatic heterocycles. The first-order valence-electron chi connectivity index (χ1n) is 6.86. The van der Waals surface area contributed by atoms with Gasteiger partial charge in [-0.05, 0) is 37.3 Å². The van der Waals surface area contributed by atoms with E-state index < -0.39 is 17.4 Å². The summed E-state index contributed by atoms with van der Waals surface area (Å²) in [6.45, 7) is 3.60.